The third-order valence-corrected chi connectivity index (χ3v) is 4.32. The van der Waals surface area contributed by atoms with Gasteiger partial charge in [-0.1, -0.05) is 0 Å². The zero-order valence-corrected chi connectivity index (χ0v) is 14.0. The molecule has 1 saturated heterocycles. The number of nitrogens with zero attached hydrogens (tertiary/aromatic N) is 4. The zero-order valence-electron chi connectivity index (χ0n) is 14.0. The van der Waals surface area contributed by atoms with Crippen LogP contribution in [0, 0.1) is 6.92 Å². The molecule has 1 amide bonds. The summed E-state index contributed by atoms with van der Waals surface area (Å²) in [5.41, 5.74) is 2.06. The Balaban J connectivity index is 1.87. The second-order valence-corrected chi connectivity index (χ2v) is 6.01. The Morgan fingerprint density at radius 3 is 2.72 bits per heavy atom. The van der Waals surface area contributed by atoms with Gasteiger partial charge in [-0.05, 0) is 43.5 Å². The monoisotopic (exact) mass is 344 g/mol. The predicted octanol–water partition coefficient (Wildman–Crippen LogP) is 1.28. The van der Waals surface area contributed by atoms with Crippen LogP contribution in [0.25, 0.3) is 5.69 Å². The minimum Gasteiger partial charge on any atom is -0.480 e. The number of carboxylic acid groups (broad SMARTS) is 1. The highest BCUT2D eigenvalue weighted by atomic mass is 16.5. The van der Waals surface area contributed by atoms with Crippen molar-refractivity contribution in [3.8, 4) is 5.69 Å². The number of carboxylic acids is 1. The van der Waals surface area contributed by atoms with Gasteiger partial charge in [0.25, 0.3) is 5.91 Å². The maximum atomic E-state index is 13.0. The number of benzene rings is 1. The molecule has 1 aromatic heterocycles. The highest BCUT2D eigenvalue weighted by Crippen LogP contribution is 2.21. The van der Waals surface area contributed by atoms with E-state index in [1.165, 1.54) is 11.2 Å². The fraction of sp³-hybridized carbons (Fsp3) is 0.412. The molecule has 8 nitrogen and oxygen atoms in total. The van der Waals surface area contributed by atoms with Gasteiger partial charge in [0.2, 0.25) is 0 Å². The molecule has 1 aliphatic heterocycles. The van der Waals surface area contributed by atoms with E-state index in [0.717, 1.165) is 11.3 Å². The van der Waals surface area contributed by atoms with Crippen LogP contribution in [0.4, 0.5) is 0 Å². The van der Waals surface area contributed by atoms with Gasteiger partial charge in [0, 0.05) is 24.8 Å². The molecular weight excluding hydrogens is 324 g/mol. The van der Waals surface area contributed by atoms with Crippen LogP contribution >= 0.6 is 0 Å². The van der Waals surface area contributed by atoms with Gasteiger partial charge >= 0.3 is 5.97 Å². The molecule has 3 rings (SSSR count). The number of aromatic nitrogens is 3. The fourth-order valence-electron chi connectivity index (χ4n) is 3.04. The minimum atomic E-state index is -1.02. The summed E-state index contributed by atoms with van der Waals surface area (Å²) in [6.07, 6.45) is 4.31. The molecule has 0 aliphatic carbocycles. The molecule has 1 aliphatic rings. The Kier molecular flexibility index (Phi) is 5.08. The van der Waals surface area contributed by atoms with Crippen molar-refractivity contribution >= 4 is 11.9 Å². The number of hydrogen-bond acceptors (Lipinski definition) is 5. The number of ether oxygens (including phenoxy) is 1. The fourth-order valence-corrected chi connectivity index (χ4v) is 3.04. The summed E-state index contributed by atoms with van der Waals surface area (Å²) >= 11 is 0. The van der Waals surface area contributed by atoms with E-state index >= 15 is 0 Å². The molecule has 0 radical (unpaired) electrons. The maximum Gasteiger partial charge on any atom is 0.323 e. The predicted molar refractivity (Wildman–Crippen MR) is 88.6 cm³/mol. The van der Waals surface area contributed by atoms with E-state index in [9.17, 15) is 14.7 Å². The van der Waals surface area contributed by atoms with Crippen molar-refractivity contribution in [2.45, 2.75) is 25.8 Å². The average molecular weight is 344 g/mol. The van der Waals surface area contributed by atoms with E-state index in [2.05, 4.69) is 10.1 Å². The summed E-state index contributed by atoms with van der Waals surface area (Å²) in [4.78, 5) is 29.6. The van der Waals surface area contributed by atoms with Crippen molar-refractivity contribution in [1.82, 2.24) is 19.7 Å². The number of amides is 1. The largest absolute Gasteiger partial charge is 0.480 e. The Bertz CT molecular complexity index is 754. The van der Waals surface area contributed by atoms with Crippen molar-refractivity contribution in [1.29, 1.82) is 0 Å². The molecule has 0 atom stereocenters. The summed E-state index contributed by atoms with van der Waals surface area (Å²) in [5.74, 6) is -1.28. The Labute approximate surface area is 145 Å². The van der Waals surface area contributed by atoms with Gasteiger partial charge in [0.1, 0.15) is 19.2 Å². The van der Waals surface area contributed by atoms with E-state index in [1.54, 1.807) is 23.1 Å². The average Bonchev–Trinajstić information content (AvgIpc) is 3.14. The van der Waals surface area contributed by atoms with Gasteiger partial charge < -0.3 is 14.7 Å². The Morgan fingerprint density at radius 2 is 2.12 bits per heavy atom. The third kappa shape index (κ3) is 3.85. The highest BCUT2D eigenvalue weighted by Gasteiger charge is 2.29. The van der Waals surface area contributed by atoms with E-state index in [0.29, 0.717) is 31.6 Å². The van der Waals surface area contributed by atoms with E-state index in [1.807, 2.05) is 13.0 Å². The molecule has 2 heterocycles. The van der Waals surface area contributed by atoms with Crippen molar-refractivity contribution in [2.75, 3.05) is 19.8 Å². The number of rotatable bonds is 5. The molecule has 0 spiro atoms. The minimum absolute atomic E-state index is 0.119. The van der Waals surface area contributed by atoms with E-state index in [-0.39, 0.29) is 18.5 Å². The molecule has 1 fully saturated rings. The Hall–Kier alpha value is -2.74. The first kappa shape index (κ1) is 17.1. The molecule has 1 aromatic carbocycles. The van der Waals surface area contributed by atoms with Crippen molar-refractivity contribution in [3.05, 3.63) is 42.0 Å². The quantitative estimate of drug-likeness (QED) is 0.877. The lowest BCUT2D eigenvalue weighted by molar-refractivity contribution is -0.138. The second kappa shape index (κ2) is 7.43. The standard InChI is InChI=1S/C17H20N4O4/c1-12-8-14(21-11-18-10-19-21)2-3-15(12)17(24)20(9-16(22)23)13-4-6-25-7-5-13/h2-3,8,10-11,13H,4-7,9H2,1H3,(H,22,23). The van der Waals surface area contributed by atoms with Crippen LogP contribution in [0.3, 0.4) is 0 Å². The lowest BCUT2D eigenvalue weighted by atomic mass is 10.0. The van der Waals surface area contributed by atoms with Crippen LogP contribution in [0.1, 0.15) is 28.8 Å². The SMILES string of the molecule is Cc1cc(-n2cncn2)ccc1C(=O)N(CC(=O)O)C1CCOCC1. The first-order valence-corrected chi connectivity index (χ1v) is 8.12. The van der Waals surface area contributed by atoms with Gasteiger partial charge in [-0.15, -0.1) is 0 Å². The topological polar surface area (TPSA) is 97.6 Å². The first-order chi connectivity index (χ1) is 12.1. The molecule has 1 N–H and O–H groups in total. The molecule has 132 valence electrons. The van der Waals surface area contributed by atoms with Gasteiger partial charge in [-0.3, -0.25) is 9.59 Å². The van der Waals surface area contributed by atoms with Gasteiger partial charge in [0.15, 0.2) is 0 Å². The molecule has 2 aromatic rings. The summed E-state index contributed by atoms with van der Waals surface area (Å²) in [7, 11) is 0. The molecule has 25 heavy (non-hydrogen) atoms. The van der Waals surface area contributed by atoms with E-state index < -0.39 is 5.97 Å². The number of carbonyl (C=O) groups excluding carboxylic acids is 1. The van der Waals surface area contributed by atoms with Gasteiger partial charge in [0.05, 0.1) is 5.69 Å². The van der Waals surface area contributed by atoms with Crippen molar-refractivity contribution in [2.24, 2.45) is 0 Å². The summed E-state index contributed by atoms with van der Waals surface area (Å²) in [6.45, 7) is 2.60. The van der Waals surface area contributed by atoms with Crippen LogP contribution in [0.5, 0.6) is 0 Å². The lowest BCUT2D eigenvalue weighted by Gasteiger charge is -2.33. The van der Waals surface area contributed by atoms with Crippen molar-refractivity contribution < 1.29 is 19.4 Å². The van der Waals surface area contributed by atoms with Crippen LogP contribution in [-0.4, -0.2) is 62.4 Å². The molecule has 8 heteroatoms. The van der Waals surface area contributed by atoms with Crippen LogP contribution in [-0.2, 0) is 9.53 Å². The van der Waals surface area contributed by atoms with Gasteiger partial charge in [-0.2, -0.15) is 5.10 Å². The number of hydrogen-bond donors (Lipinski definition) is 1. The van der Waals surface area contributed by atoms with Crippen LogP contribution in [0.15, 0.2) is 30.9 Å². The summed E-state index contributed by atoms with van der Waals surface area (Å²) in [5, 5.41) is 13.3. The number of aliphatic carboxylic acids is 1. The number of aryl methyl sites for hydroxylation is 1. The smallest absolute Gasteiger partial charge is 0.323 e. The first-order valence-electron chi connectivity index (χ1n) is 8.12. The summed E-state index contributed by atoms with van der Waals surface area (Å²) < 4.78 is 6.93. The van der Waals surface area contributed by atoms with E-state index in [4.69, 9.17) is 4.74 Å². The normalized spacial score (nSPS) is 15.1. The molecule has 0 bridgehead atoms. The second-order valence-electron chi connectivity index (χ2n) is 6.01. The molecule has 0 unspecified atom stereocenters. The third-order valence-electron chi connectivity index (χ3n) is 4.32. The Morgan fingerprint density at radius 1 is 1.36 bits per heavy atom. The van der Waals surface area contributed by atoms with Crippen LogP contribution < -0.4 is 0 Å². The van der Waals surface area contributed by atoms with Gasteiger partial charge in [-0.25, -0.2) is 9.67 Å². The summed E-state index contributed by atoms with van der Waals surface area (Å²) in [6, 6.07) is 5.21. The lowest BCUT2D eigenvalue weighted by Crippen LogP contribution is -2.46. The highest BCUT2D eigenvalue weighted by molar-refractivity contribution is 5.97. The maximum absolute atomic E-state index is 13.0. The van der Waals surface area contributed by atoms with Crippen LogP contribution in [0.2, 0.25) is 0 Å². The van der Waals surface area contributed by atoms with Crippen molar-refractivity contribution in [3.63, 3.8) is 0 Å². The molecular formula is C17H20N4O4. The zero-order chi connectivity index (χ0) is 17.8. The molecule has 0 saturated carbocycles. The number of carbonyl (C=O) groups is 2.